The molecule has 2 aromatic carbocycles. The molecule has 0 bridgehead atoms. The number of hydrogen-bond acceptors (Lipinski definition) is 1. The molecule has 2 aromatic heterocycles. The lowest BCUT2D eigenvalue weighted by Crippen LogP contribution is -1.88. The summed E-state index contributed by atoms with van der Waals surface area (Å²) in [5.41, 5.74) is 5.83. The lowest BCUT2D eigenvalue weighted by atomic mass is 10.1. The number of nitrogens with zero attached hydrogens (tertiary/aromatic N) is 3. The van der Waals surface area contributed by atoms with Crippen molar-refractivity contribution in [1.82, 2.24) is 14.0 Å². The van der Waals surface area contributed by atoms with E-state index in [1.54, 1.807) is 0 Å². The fraction of sp³-hybridized carbons (Fsp3) is 0.118. The highest BCUT2D eigenvalue weighted by Gasteiger charge is 2.11. The summed E-state index contributed by atoms with van der Waals surface area (Å²) < 4.78 is 4.29. The van der Waals surface area contributed by atoms with E-state index in [9.17, 15) is 0 Å². The van der Waals surface area contributed by atoms with Gasteiger partial charge in [0.05, 0.1) is 16.7 Å². The van der Waals surface area contributed by atoms with Crippen LogP contribution >= 0.6 is 0 Å². The van der Waals surface area contributed by atoms with E-state index in [2.05, 4.69) is 77.7 Å². The molecule has 0 saturated carbocycles. The first kappa shape index (κ1) is 11.3. The molecular formula is C17H15N3. The van der Waals surface area contributed by atoms with Crippen LogP contribution in [0, 0.1) is 6.92 Å². The maximum Gasteiger partial charge on any atom is 0.215 e. The molecule has 4 aromatic rings. The Kier molecular flexibility index (Phi) is 2.24. The number of fused-ring (bicyclic) bond motifs is 3. The normalized spacial score (nSPS) is 11.5. The molecule has 0 aliphatic heterocycles. The SMILES string of the molecule is Cc1ccc(-c2cn3c4ccccc4n(C)c3n2)cc1. The van der Waals surface area contributed by atoms with Crippen LogP contribution in [-0.4, -0.2) is 14.0 Å². The van der Waals surface area contributed by atoms with Crippen molar-refractivity contribution in [3.8, 4) is 11.3 Å². The van der Waals surface area contributed by atoms with Crippen molar-refractivity contribution >= 4 is 16.8 Å². The molecule has 0 radical (unpaired) electrons. The predicted molar refractivity (Wildman–Crippen MR) is 81.8 cm³/mol. The van der Waals surface area contributed by atoms with Crippen LogP contribution in [0.25, 0.3) is 28.1 Å². The summed E-state index contributed by atoms with van der Waals surface area (Å²) in [5, 5.41) is 0. The maximum atomic E-state index is 4.78. The molecule has 0 aliphatic rings. The average Bonchev–Trinajstić information content (AvgIpc) is 3.01. The molecule has 0 spiro atoms. The molecule has 0 atom stereocenters. The first-order valence-electron chi connectivity index (χ1n) is 6.73. The Morgan fingerprint density at radius 2 is 1.60 bits per heavy atom. The van der Waals surface area contributed by atoms with Gasteiger partial charge >= 0.3 is 0 Å². The first-order valence-corrected chi connectivity index (χ1v) is 6.73. The molecule has 0 aliphatic carbocycles. The molecule has 3 nitrogen and oxygen atoms in total. The monoisotopic (exact) mass is 261 g/mol. The molecule has 2 heterocycles. The molecule has 0 saturated heterocycles. The van der Waals surface area contributed by atoms with Crippen LogP contribution in [0.5, 0.6) is 0 Å². The molecule has 0 unspecified atom stereocenters. The van der Waals surface area contributed by atoms with Crippen LogP contribution in [0.3, 0.4) is 0 Å². The third-order valence-electron chi connectivity index (χ3n) is 3.84. The van der Waals surface area contributed by atoms with Gasteiger partial charge in [0.25, 0.3) is 0 Å². The minimum atomic E-state index is 0.974. The van der Waals surface area contributed by atoms with Gasteiger partial charge in [0, 0.05) is 18.8 Å². The zero-order valence-corrected chi connectivity index (χ0v) is 11.5. The van der Waals surface area contributed by atoms with Gasteiger partial charge in [0.2, 0.25) is 5.78 Å². The van der Waals surface area contributed by atoms with Gasteiger partial charge in [-0.2, -0.15) is 0 Å². The number of para-hydroxylation sites is 2. The third kappa shape index (κ3) is 1.50. The zero-order valence-electron chi connectivity index (χ0n) is 11.5. The van der Waals surface area contributed by atoms with Crippen LogP contribution in [-0.2, 0) is 7.05 Å². The minimum absolute atomic E-state index is 0.974. The number of imidazole rings is 2. The summed E-state index contributed by atoms with van der Waals surface area (Å²) in [5.74, 6) is 0.974. The Morgan fingerprint density at radius 3 is 2.35 bits per heavy atom. The molecule has 0 fully saturated rings. The quantitative estimate of drug-likeness (QED) is 0.511. The van der Waals surface area contributed by atoms with E-state index in [-0.39, 0.29) is 0 Å². The van der Waals surface area contributed by atoms with Crippen LogP contribution in [0.4, 0.5) is 0 Å². The summed E-state index contributed by atoms with van der Waals surface area (Å²) in [4.78, 5) is 4.78. The van der Waals surface area contributed by atoms with E-state index in [0.29, 0.717) is 0 Å². The third-order valence-corrected chi connectivity index (χ3v) is 3.84. The van der Waals surface area contributed by atoms with Gasteiger partial charge in [0.1, 0.15) is 0 Å². The molecular weight excluding hydrogens is 246 g/mol. The highest BCUT2D eigenvalue weighted by Crippen LogP contribution is 2.24. The first-order chi connectivity index (χ1) is 9.74. The second-order valence-corrected chi connectivity index (χ2v) is 5.21. The number of hydrogen-bond donors (Lipinski definition) is 0. The van der Waals surface area contributed by atoms with E-state index in [1.807, 2.05) is 0 Å². The van der Waals surface area contributed by atoms with Crippen LogP contribution in [0.15, 0.2) is 54.7 Å². The van der Waals surface area contributed by atoms with E-state index < -0.39 is 0 Å². The maximum absolute atomic E-state index is 4.78. The van der Waals surface area contributed by atoms with Crippen LogP contribution in [0.1, 0.15) is 5.56 Å². The fourth-order valence-electron chi connectivity index (χ4n) is 2.71. The van der Waals surface area contributed by atoms with Gasteiger partial charge < -0.3 is 4.57 Å². The van der Waals surface area contributed by atoms with Gasteiger partial charge in [-0.05, 0) is 19.1 Å². The van der Waals surface area contributed by atoms with Crippen molar-refractivity contribution in [1.29, 1.82) is 0 Å². The Morgan fingerprint density at radius 1 is 0.900 bits per heavy atom. The number of rotatable bonds is 1. The molecule has 0 N–H and O–H groups in total. The smallest absolute Gasteiger partial charge is 0.215 e. The minimum Gasteiger partial charge on any atom is -0.313 e. The summed E-state index contributed by atoms with van der Waals surface area (Å²) in [6.07, 6.45) is 2.11. The summed E-state index contributed by atoms with van der Waals surface area (Å²) >= 11 is 0. The van der Waals surface area contributed by atoms with Crippen LogP contribution in [0.2, 0.25) is 0 Å². The molecule has 98 valence electrons. The van der Waals surface area contributed by atoms with Crippen molar-refractivity contribution < 1.29 is 0 Å². The summed E-state index contributed by atoms with van der Waals surface area (Å²) in [7, 11) is 2.06. The number of aromatic nitrogens is 3. The van der Waals surface area contributed by atoms with Crippen molar-refractivity contribution in [2.24, 2.45) is 7.05 Å². The van der Waals surface area contributed by atoms with Crippen LogP contribution < -0.4 is 0 Å². The van der Waals surface area contributed by atoms with E-state index in [4.69, 9.17) is 4.98 Å². The molecule has 3 heteroatoms. The number of aryl methyl sites for hydroxylation is 2. The van der Waals surface area contributed by atoms with E-state index in [0.717, 1.165) is 17.0 Å². The Hall–Kier alpha value is -2.55. The summed E-state index contributed by atoms with van der Waals surface area (Å²) in [6.45, 7) is 2.10. The lowest BCUT2D eigenvalue weighted by Gasteiger charge is -1.98. The van der Waals surface area contributed by atoms with Gasteiger partial charge in [-0.1, -0.05) is 42.0 Å². The fourth-order valence-corrected chi connectivity index (χ4v) is 2.71. The highest BCUT2D eigenvalue weighted by atomic mass is 15.2. The Labute approximate surface area is 117 Å². The standard InChI is InChI=1S/C17H15N3/c1-12-7-9-13(10-8-12)14-11-20-16-6-4-3-5-15(16)19(2)17(20)18-14/h3-11H,1-2H3. The molecule has 0 amide bonds. The molecule has 4 rings (SSSR count). The van der Waals surface area contributed by atoms with Gasteiger partial charge in [-0.15, -0.1) is 0 Å². The van der Waals surface area contributed by atoms with Crippen molar-refractivity contribution in [3.63, 3.8) is 0 Å². The second kappa shape index (κ2) is 3.97. The van der Waals surface area contributed by atoms with Gasteiger partial charge in [0.15, 0.2) is 0 Å². The van der Waals surface area contributed by atoms with Gasteiger partial charge in [-0.3, -0.25) is 4.40 Å². The zero-order chi connectivity index (χ0) is 13.7. The topological polar surface area (TPSA) is 22.2 Å². The Bertz CT molecular complexity index is 911. The lowest BCUT2D eigenvalue weighted by molar-refractivity contribution is 0.970. The van der Waals surface area contributed by atoms with E-state index >= 15 is 0 Å². The summed E-state index contributed by atoms with van der Waals surface area (Å²) in [6, 6.07) is 16.9. The van der Waals surface area contributed by atoms with Crippen molar-refractivity contribution in [3.05, 3.63) is 60.3 Å². The largest absolute Gasteiger partial charge is 0.313 e. The van der Waals surface area contributed by atoms with E-state index in [1.165, 1.54) is 16.6 Å². The number of benzene rings is 2. The van der Waals surface area contributed by atoms with Gasteiger partial charge in [-0.25, -0.2) is 4.98 Å². The molecule has 20 heavy (non-hydrogen) atoms. The average molecular weight is 261 g/mol. The van der Waals surface area contributed by atoms with Crippen molar-refractivity contribution in [2.45, 2.75) is 6.92 Å². The predicted octanol–water partition coefficient (Wildman–Crippen LogP) is 3.80. The Balaban J connectivity index is 1.99. The second-order valence-electron chi connectivity index (χ2n) is 5.21. The highest BCUT2D eigenvalue weighted by molar-refractivity contribution is 5.82. The van der Waals surface area contributed by atoms with Crippen molar-refractivity contribution in [2.75, 3.05) is 0 Å².